The molecule has 0 radical (unpaired) electrons. The second kappa shape index (κ2) is 7.97. The molecule has 4 rings (SSSR count). The van der Waals surface area contributed by atoms with E-state index in [9.17, 15) is 4.79 Å². The van der Waals surface area contributed by atoms with Crippen molar-refractivity contribution in [2.24, 2.45) is 4.99 Å². The number of carbonyl (C=O) groups excluding carboxylic acids is 1. The molecule has 146 valence electrons. The zero-order chi connectivity index (χ0) is 20.4. The number of esters is 1. The molecule has 0 unspecified atom stereocenters. The predicted octanol–water partition coefficient (Wildman–Crippen LogP) is 5.07. The first-order chi connectivity index (χ1) is 14.1. The number of carbonyl (C=O) groups is 1. The van der Waals surface area contributed by atoms with Gasteiger partial charge >= 0.3 is 5.97 Å². The zero-order valence-electron chi connectivity index (χ0n) is 15.6. The van der Waals surface area contributed by atoms with Crippen LogP contribution in [0.25, 0.3) is 17.4 Å². The van der Waals surface area contributed by atoms with E-state index >= 15 is 0 Å². The van der Waals surface area contributed by atoms with Crippen LogP contribution in [0.5, 0.6) is 11.5 Å². The number of cyclic esters (lactones) is 1. The van der Waals surface area contributed by atoms with Gasteiger partial charge in [0.05, 0.1) is 14.2 Å². The topological polar surface area (TPSA) is 70.3 Å². The third-order valence-corrected chi connectivity index (χ3v) is 4.78. The van der Waals surface area contributed by atoms with Gasteiger partial charge in [0.25, 0.3) is 0 Å². The van der Waals surface area contributed by atoms with Gasteiger partial charge in [-0.1, -0.05) is 28.1 Å². The van der Waals surface area contributed by atoms with Crippen LogP contribution >= 0.6 is 15.9 Å². The molecular weight excluding hydrogens is 438 g/mol. The Morgan fingerprint density at radius 3 is 2.28 bits per heavy atom. The third kappa shape index (κ3) is 4.09. The van der Waals surface area contributed by atoms with Crippen molar-refractivity contribution in [2.45, 2.75) is 0 Å². The van der Waals surface area contributed by atoms with Crippen molar-refractivity contribution < 1.29 is 23.4 Å². The van der Waals surface area contributed by atoms with Crippen LogP contribution in [-0.2, 0) is 9.53 Å². The molecule has 0 saturated heterocycles. The SMILES string of the molecule is COc1cc(OC)cc(C2=NC(=Cc3ccc(-c4ccc(Br)cc4)o3)C(=O)O2)c1. The molecule has 1 aliphatic heterocycles. The number of hydrogen-bond acceptors (Lipinski definition) is 6. The second-order valence-electron chi connectivity index (χ2n) is 6.15. The molecule has 0 fully saturated rings. The third-order valence-electron chi connectivity index (χ3n) is 4.25. The summed E-state index contributed by atoms with van der Waals surface area (Å²) in [5.74, 6) is 1.96. The highest BCUT2D eigenvalue weighted by Crippen LogP contribution is 2.28. The summed E-state index contributed by atoms with van der Waals surface area (Å²) in [5, 5.41) is 0. The lowest BCUT2D eigenvalue weighted by atomic mass is 10.2. The molecule has 0 bridgehead atoms. The monoisotopic (exact) mass is 453 g/mol. The maximum absolute atomic E-state index is 12.3. The Kier molecular flexibility index (Phi) is 5.22. The molecule has 6 nitrogen and oxygen atoms in total. The van der Waals surface area contributed by atoms with E-state index in [-0.39, 0.29) is 11.6 Å². The van der Waals surface area contributed by atoms with Crippen LogP contribution in [0.3, 0.4) is 0 Å². The Bertz CT molecular complexity index is 1110. The van der Waals surface area contributed by atoms with Crippen molar-refractivity contribution in [3.63, 3.8) is 0 Å². The van der Waals surface area contributed by atoms with Crippen molar-refractivity contribution in [2.75, 3.05) is 14.2 Å². The molecule has 2 aromatic carbocycles. The summed E-state index contributed by atoms with van der Waals surface area (Å²) in [6.45, 7) is 0. The van der Waals surface area contributed by atoms with Crippen LogP contribution in [0.15, 0.2) is 74.2 Å². The van der Waals surface area contributed by atoms with Crippen molar-refractivity contribution in [1.29, 1.82) is 0 Å². The molecule has 2 heterocycles. The number of halogens is 1. The number of nitrogens with zero attached hydrogens (tertiary/aromatic N) is 1. The highest BCUT2D eigenvalue weighted by molar-refractivity contribution is 9.10. The Morgan fingerprint density at radius 1 is 0.931 bits per heavy atom. The first kappa shape index (κ1) is 19.0. The number of benzene rings is 2. The van der Waals surface area contributed by atoms with E-state index in [1.807, 2.05) is 30.3 Å². The summed E-state index contributed by atoms with van der Waals surface area (Å²) >= 11 is 3.41. The molecule has 3 aromatic rings. The van der Waals surface area contributed by atoms with Gasteiger partial charge in [0.1, 0.15) is 23.0 Å². The minimum Gasteiger partial charge on any atom is -0.497 e. The molecule has 0 N–H and O–H groups in total. The van der Waals surface area contributed by atoms with E-state index in [4.69, 9.17) is 18.6 Å². The standard InChI is InChI=1S/C22H16BrNO5/c1-26-17-9-14(10-18(11-17)27-2)21-24-19(22(25)29-21)12-16-7-8-20(28-16)13-3-5-15(23)6-4-13/h3-12H,1-2H3. The van der Waals surface area contributed by atoms with Crippen LogP contribution in [0.1, 0.15) is 11.3 Å². The molecule has 29 heavy (non-hydrogen) atoms. The van der Waals surface area contributed by atoms with Crippen LogP contribution in [0.4, 0.5) is 0 Å². The van der Waals surface area contributed by atoms with Gasteiger partial charge in [0, 0.05) is 27.7 Å². The Balaban J connectivity index is 1.63. The number of rotatable bonds is 5. The van der Waals surface area contributed by atoms with Gasteiger partial charge < -0.3 is 18.6 Å². The average Bonchev–Trinajstić information content (AvgIpc) is 3.35. The van der Waals surface area contributed by atoms with Gasteiger partial charge in [-0.25, -0.2) is 9.79 Å². The van der Waals surface area contributed by atoms with Gasteiger partial charge in [0.15, 0.2) is 5.70 Å². The van der Waals surface area contributed by atoms with Gasteiger partial charge in [-0.3, -0.25) is 0 Å². The summed E-state index contributed by atoms with van der Waals surface area (Å²) in [7, 11) is 3.10. The van der Waals surface area contributed by atoms with Crippen molar-refractivity contribution in [3.05, 3.63) is 76.1 Å². The minimum atomic E-state index is -0.552. The van der Waals surface area contributed by atoms with Crippen molar-refractivity contribution in [3.8, 4) is 22.8 Å². The highest BCUT2D eigenvalue weighted by Gasteiger charge is 2.25. The molecule has 1 aromatic heterocycles. The quantitative estimate of drug-likeness (QED) is 0.398. The van der Waals surface area contributed by atoms with Gasteiger partial charge in [0.2, 0.25) is 5.90 Å². The first-order valence-electron chi connectivity index (χ1n) is 8.67. The van der Waals surface area contributed by atoms with Crippen molar-refractivity contribution in [1.82, 2.24) is 0 Å². The summed E-state index contributed by atoms with van der Waals surface area (Å²) < 4.78 is 22.6. The van der Waals surface area contributed by atoms with Crippen LogP contribution < -0.4 is 9.47 Å². The van der Waals surface area contributed by atoms with E-state index in [0.717, 1.165) is 10.0 Å². The normalized spacial score (nSPS) is 14.7. The maximum atomic E-state index is 12.3. The fraction of sp³-hybridized carbons (Fsp3) is 0.0909. The Morgan fingerprint density at radius 2 is 1.62 bits per heavy atom. The Labute approximate surface area is 175 Å². The van der Waals surface area contributed by atoms with Crippen LogP contribution in [0.2, 0.25) is 0 Å². The van der Waals surface area contributed by atoms with E-state index in [1.54, 1.807) is 44.6 Å². The highest BCUT2D eigenvalue weighted by atomic mass is 79.9. The lowest BCUT2D eigenvalue weighted by Gasteiger charge is -2.07. The lowest BCUT2D eigenvalue weighted by molar-refractivity contribution is -0.129. The number of ether oxygens (including phenoxy) is 3. The van der Waals surface area contributed by atoms with Gasteiger partial charge in [-0.2, -0.15) is 0 Å². The summed E-state index contributed by atoms with van der Waals surface area (Å²) in [5.41, 5.74) is 1.66. The summed E-state index contributed by atoms with van der Waals surface area (Å²) in [6, 6.07) is 16.5. The smallest absolute Gasteiger partial charge is 0.363 e. The molecular formula is C22H16BrNO5. The fourth-order valence-electron chi connectivity index (χ4n) is 2.80. The first-order valence-corrected chi connectivity index (χ1v) is 9.47. The molecule has 0 aliphatic carbocycles. The van der Waals surface area contributed by atoms with Gasteiger partial charge in [-0.15, -0.1) is 0 Å². The van der Waals surface area contributed by atoms with Crippen LogP contribution in [0, 0.1) is 0 Å². The molecule has 0 saturated carbocycles. The minimum absolute atomic E-state index is 0.151. The maximum Gasteiger partial charge on any atom is 0.363 e. The zero-order valence-corrected chi connectivity index (χ0v) is 17.2. The Hall–Kier alpha value is -3.32. The largest absolute Gasteiger partial charge is 0.497 e. The average molecular weight is 454 g/mol. The molecule has 7 heteroatoms. The number of furan rings is 1. The lowest BCUT2D eigenvalue weighted by Crippen LogP contribution is -2.06. The van der Waals surface area contributed by atoms with E-state index in [2.05, 4.69) is 20.9 Å². The molecule has 0 amide bonds. The van der Waals surface area contributed by atoms with E-state index in [0.29, 0.717) is 28.6 Å². The molecule has 0 atom stereocenters. The molecule has 0 spiro atoms. The predicted molar refractivity (Wildman–Crippen MR) is 112 cm³/mol. The number of hydrogen-bond donors (Lipinski definition) is 0. The fourth-order valence-corrected chi connectivity index (χ4v) is 3.06. The summed E-state index contributed by atoms with van der Waals surface area (Å²) in [6.07, 6.45) is 1.55. The van der Waals surface area contributed by atoms with Crippen LogP contribution in [-0.4, -0.2) is 26.1 Å². The summed E-state index contributed by atoms with van der Waals surface area (Å²) in [4.78, 5) is 16.6. The van der Waals surface area contributed by atoms with Crippen molar-refractivity contribution >= 4 is 33.9 Å². The van der Waals surface area contributed by atoms with Gasteiger partial charge in [-0.05, 0) is 36.4 Å². The second-order valence-corrected chi connectivity index (χ2v) is 7.06. The van der Waals surface area contributed by atoms with E-state index in [1.165, 1.54) is 0 Å². The number of aliphatic imine (C=N–C) groups is 1. The molecule has 1 aliphatic rings. The van der Waals surface area contributed by atoms with E-state index < -0.39 is 5.97 Å². The number of methoxy groups -OCH3 is 2.